The number of nitrogens with zero attached hydrogens (tertiary/aromatic N) is 5. The van der Waals surface area contributed by atoms with Gasteiger partial charge in [0, 0.05) is 5.56 Å². The molecule has 0 radical (unpaired) electrons. The van der Waals surface area contributed by atoms with Crippen LogP contribution in [0.3, 0.4) is 0 Å². The fraction of sp³-hybridized carbons (Fsp3) is 0.111. The van der Waals surface area contributed by atoms with E-state index in [-0.39, 0.29) is 5.75 Å². The second-order valence-electron chi connectivity index (χ2n) is 2.92. The predicted octanol–water partition coefficient (Wildman–Crippen LogP) is 0.569. The normalized spacial score (nSPS) is 11.0. The van der Waals surface area contributed by atoms with Gasteiger partial charge in [-0.15, -0.1) is 9.89 Å². The molecule has 0 saturated heterocycles. The lowest BCUT2D eigenvalue weighted by Crippen LogP contribution is -1.95. The fourth-order valence-corrected chi connectivity index (χ4v) is 1.05. The molecule has 2 rings (SSSR count). The van der Waals surface area contributed by atoms with Crippen LogP contribution >= 0.6 is 0 Å². The molecule has 15 heavy (non-hydrogen) atoms. The lowest BCUT2D eigenvalue weighted by atomic mass is 10.2. The summed E-state index contributed by atoms with van der Waals surface area (Å²) in [4.78, 5) is 1.28. The van der Waals surface area contributed by atoms with Gasteiger partial charge in [-0.2, -0.15) is 5.10 Å². The first-order valence-corrected chi connectivity index (χ1v) is 4.35. The molecule has 76 valence electrons. The Balaban J connectivity index is 2.26. The number of hydrogen-bond acceptors (Lipinski definition) is 5. The van der Waals surface area contributed by atoms with E-state index in [9.17, 15) is 5.11 Å². The van der Waals surface area contributed by atoms with Crippen LogP contribution in [-0.4, -0.2) is 31.6 Å². The van der Waals surface area contributed by atoms with Crippen LogP contribution in [0.5, 0.6) is 5.75 Å². The Bertz CT molecular complexity index is 491. The topological polar surface area (TPSA) is 76.2 Å². The monoisotopic (exact) mass is 203 g/mol. The number of benzene rings is 1. The lowest BCUT2D eigenvalue weighted by molar-refractivity contribution is 0.474. The van der Waals surface area contributed by atoms with Crippen molar-refractivity contribution in [3.05, 3.63) is 35.7 Å². The molecule has 1 heterocycles. The Morgan fingerprint density at radius 2 is 2.20 bits per heavy atom. The molecule has 0 fully saturated rings. The van der Waals surface area contributed by atoms with Gasteiger partial charge in [0.2, 0.25) is 0 Å². The Hall–Kier alpha value is -2.24. The summed E-state index contributed by atoms with van der Waals surface area (Å²) in [5, 5.41) is 24.2. The molecule has 0 atom stereocenters. The van der Waals surface area contributed by atoms with Crippen LogP contribution in [0.15, 0.2) is 29.4 Å². The summed E-state index contributed by atoms with van der Waals surface area (Å²) in [5.41, 5.74) is 0.618. The van der Waals surface area contributed by atoms with E-state index in [0.717, 1.165) is 0 Å². The summed E-state index contributed by atoms with van der Waals surface area (Å²) in [6.07, 6.45) is 1.50. The van der Waals surface area contributed by atoms with E-state index in [0.29, 0.717) is 11.4 Å². The van der Waals surface area contributed by atoms with Crippen molar-refractivity contribution in [1.29, 1.82) is 0 Å². The summed E-state index contributed by atoms with van der Waals surface area (Å²) in [6, 6.07) is 6.90. The maximum absolute atomic E-state index is 9.46. The number of aromatic hydroxyl groups is 1. The third-order valence-electron chi connectivity index (χ3n) is 1.85. The van der Waals surface area contributed by atoms with Gasteiger partial charge in [-0.3, -0.25) is 0 Å². The number of aromatic nitrogens is 4. The number of tetrazole rings is 1. The van der Waals surface area contributed by atoms with Crippen molar-refractivity contribution in [2.75, 3.05) is 0 Å². The highest BCUT2D eigenvalue weighted by atomic mass is 16.3. The van der Waals surface area contributed by atoms with Crippen LogP contribution < -0.4 is 0 Å². The minimum absolute atomic E-state index is 0.173. The number of phenolic OH excluding ortho intramolecular Hbond substituents is 1. The average molecular weight is 203 g/mol. The SMILES string of the molecule is Cc1nnnn1N=Cc1ccccc1O. The third-order valence-corrected chi connectivity index (χ3v) is 1.85. The lowest BCUT2D eigenvalue weighted by Gasteiger charge is -1.96. The zero-order valence-electron chi connectivity index (χ0n) is 8.07. The van der Waals surface area contributed by atoms with Gasteiger partial charge in [-0.05, 0) is 29.5 Å². The summed E-state index contributed by atoms with van der Waals surface area (Å²) in [7, 11) is 0. The number of phenols is 1. The van der Waals surface area contributed by atoms with E-state index in [1.54, 1.807) is 25.1 Å². The van der Waals surface area contributed by atoms with E-state index >= 15 is 0 Å². The minimum atomic E-state index is 0.173. The highest BCUT2D eigenvalue weighted by Gasteiger charge is 1.98. The van der Waals surface area contributed by atoms with Crippen molar-refractivity contribution in [3.8, 4) is 5.75 Å². The van der Waals surface area contributed by atoms with Crippen LogP contribution in [0.1, 0.15) is 11.4 Å². The third kappa shape index (κ3) is 1.98. The van der Waals surface area contributed by atoms with Gasteiger partial charge in [0.25, 0.3) is 0 Å². The number of para-hydroxylation sites is 1. The molecule has 1 aromatic carbocycles. The van der Waals surface area contributed by atoms with E-state index in [4.69, 9.17) is 0 Å². The highest BCUT2D eigenvalue weighted by Crippen LogP contribution is 2.12. The van der Waals surface area contributed by atoms with Gasteiger partial charge in [0.1, 0.15) is 5.75 Å². The Morgan fingerprint density at radius 1 is 1.40 bits per heavy atom. The van der Waals surface area contributed by atoms with Crippen LogP contribution in [-0.2, 0) is 0 Å². The van der Waals surface area contributed by atoms with Crippen LogP contribution in [0.2, 0.25) is 0 Å². The standard InChI is InChI=1S/C9H9N5O/c1-7-11-12-13-14(7)10-6-8-4-2-3-5-9(8)15/h2-6,15H,1H3. The van der Waals surface area contributed by atoms with Gasteiger partial charge in [-0.25, -0.2) is 0 Å². The van der Waals surface area contributed by atoms with Crippen molar-refractivity contribution >= 4 is 6.21 Å². The summed E-state index contributed by atoms with van der Waals surface area (Å²) in [6.45, 7) is 1.74. The van der Waals surface area contributed by atoms with Crippen LogP contribution in [0, 0.1) is 6.92 Å². The molecule has 0 unspecified atom stereocenters. The Morgan fingerprint density at radius 3 is 2.87 bits per heavy atom. The highest BCUT2D eigenvalue weighted by molar-refractivity contribution is 5.83. The summed E-state index contributed by atoms with van der Waals surface area (Å²) in [5.74, 6) is 0.758. The first-order valence-electron chi connectivity index (χ1n) is 4.35. The first kappa shape index (κ1) is 9.32. The maximum Gasteiger partial charge on any atom is 0.173 e. The molecule has 0 aliphatic carbocycles. The van der Waals surface area contributed by atoms with Crippen LogP contribution in [0.25, 0.3) is 0 Å². The van der Waals surface area contributed by atoms with Crippen molar-refractivity contribution in [3.63, 3.8) is 0 Å². The molecule has 0 bridgehead atoms. The van der Waals surface area contributed by atoms with E-state index in [1.807, 2.05) is 6.07 Å². The van der Waals surface area contributed by atoms with Gasteiger partial charge < -0.3 is 5.11 Å². The van der Waals surface area contributed by atoms with Crippen LogP contribution in [0.4, 0.5) is 0 Å². The molecule has 0 aliphatic heterocycles. The molecule has 0 aliphatic rings. The Kier molecular flexibility index (Phi) is 2.40. The molecule has 0 spiro atoms. The van der Waals surface area contributed by atoms with Gasteiger partial charge in [0.15, 0.2) is 5.82 Å². The van der Waals surface area contributed by atoms with Gasteiger partial charge in [0.05, 0.1) is 6.21 Å². The molecular formula is C9H9N5O. The first-order chi connectivity index (χ1) is 7.27. The van der Waals surface area contributed by atoms with Crippen molar-refractivity contribution in [1.82, 2.24) is 20.3 Å². The zero-order chi connectivity index (χ0) is 10.7. The largest absolute Gasteiger partial charge is 0.507 e. The Labute approximate surface area is 85.9 Å². The van der Waals surface area contributed by atoms with Crippen molar-refractivity contribution < 1.29 is 5.11 Å². The predicted molar refractivity (Wildman–Crippen MR) is 53.7 cm³/mol. The molecule has 1 aromatic heterocycles. The smallest absolute Gasteiger partial charge is 0.173 e. The average Bonchev–Trinajstić information content (AvgIpc) is 2.63. The zero-order valence-corrected chi connectivity index (χ0v) is 8.07. The number of hydrogen-bond donors (Lipinski definition) is 1. The van der Waals surface area contributed by atoms with Crippen molar-refractivity contribution in [2.24, 2.45) is 5.10 Å². The fourth-order valence-electron chi connectivity index (χ4n) is 1.05. The summed E-state index contributed by atoms with van der Waals surface area (Å²) >= 11 is 0. The number of aryl methyl sites for hydroxylation is 1. The van der Waals surface area contributed by atoms with E-state index < -0.39 is 0 Å². The molecular weight excluding hydrogens is 194 g/mol. The number of rotatable bonds is 2. The maximum atomic E-state index is 9.46. The molecule has 6 heteroatoms. The summed E-state index contributed by atoms with van der Waals surface area (Å²) < 4.78 is 0. The molecule has 0 saturated carbocycles. The van der Waals surface area contributed by atoms with Gasteiger partial charge in [-0.1, -0.05) is 12.1 Å². The second-order valence-corrected chi connectivity index (χ2v) is 2.92. The molecule has 1 N–H and O–H groups in total. The van der Waals surface area contributed by atoms with Gasteiger partial charge >= 0.3 is 0 Å². The molecule has 2 aromatic rings. The molecule has 6 nitrogen and oxygen atoms in total. The quantitative estimate of drug-likeness (QED) is 0.724. The van der Waals surface area contributed by atoms with E-state index in [2.05, 4.69) is 20.6 Å². The molecule has 0 amide bonds. The second kappa shape index (κ2) is 3.87. The minimum Gasteiger partial charge on any atom is -0.507 e. The van der Waals surface area contributed by atoms with Crippen molar-refractivity contribution in [2.45, 2.75) is 6.92 Å². The van der Waals surface area contributed by atoms with E-state index in [1.165, 1.54) is 11.0 Å².